The summed E-state index contributed by atoms with van der Waals surface area (Å²) in [6.45, 7) is 5.57. The molecule has 0 spiro atoms. The third kappa shape index (κ3) is 3.61. The van der Waals surface area contributed by atoms with Crippen LogP contribution in [0.2, 0.25) is 0 Å². The van der Waals surface area contributed by atoms with Crippen LogP contribution in [0, 0.1) is 23.2 Å². The first-order valence-electron chi connectivity index (χ1n) is 3.70. The molecule has 3 nitrogen and oxygen atoms in total. The Kier molecular flexibility index (Phi) is 4.28. The van der Waals surface area contributed by atoms with Crippen LogP contribution in [-0.2, 0) is 0 Å². The van der Waals surface area contributed by atoms with Crippen molar-refractivity contribution in [1.29, 1.82) is 5.26 Å². The molecule has 0 bridgehead atoms. The van der Waals surface area contributed by atoms with Crippen LogP contribution in [-0.4, -0.2) is 10.9 Å². The fraction of sp³-hybridized carbons (Fsp3) is 0.750. The van der Waals surface area contributed by atoms with Crippen LogP contribution in [0.15, 0.2) is 5.16 Å². The minimum absolute atomic E-state index is 0.0294. The van der Waals surface area contributed by atoms with Crippen molar-refractivity contribution in [2.45, 2.75) is 27.2 Å². The van der Waals surface area contributed by atoms with Crippen molar-refractivity contribution in [3.05, 3.63) is 0 Å². The molecule has 0 aromatic heterocycles. The lowest BCUT2D eigenvalue weighted by atomic mass is 9.95. The zero-order valence-corrected chi connectivity index (χ0v) is 7.20. The molecule has 62 valence electrons. The van der Waals surface area contributed by atoms with Gasteiger partial charge in [-0.05, 0) is 26.2 Å². The van der Waals surface area contributed by atoms with E-state index in [0.29, 0.717) is 5.71 Å². The zero-order chi connectivity index (χ0) is 8.85. The fourth-order valence-electron chi connectivity index (χ4n) is 0.852. The Hall–Kier alpha value is -1.04. The van der Waals surface area contributed by atoms with Crippen LogP contribution in [0.1, 0.15) is 27.2 Å². The topological polar surface area (TPSA) is 56.4 Å². The molecule has 0 rings (SSSR count). The van der Waals surface area contributed by atoms with Gasteiger partial charge in [-0.3, -0.25) is 0 Å². The maximum Gasteiger partial charge on any atom is 0.0653 e. The van der Waals surface area contributed by atoms with Crippen molar-refractivity contribution in [3.63, 3.8) is 0 Å². The average molecular weight is 154 g/mol. The summed E-state index contributed by atoms with van der Waals surface area (Å²) < 4.78 is 0. The predicted molar refractivity (Wildman–Crippen MR) is 43.5 cm³/mol. The minimum atomic E-state index is 0.0294. The van der Waals surface area contributed by atoms with Gasteiger partial charge in [0, 0.05) is 5.92 Å². The molecule has 0 fully saturated rings. The molecular formula is C8H14N2O. The van der Waals surface area contributed by atoms with E-state index in [-0.39, 0.29) is 11.8 Å². The van der Waals surface area contributed by atoms with Gasteiger partial charge in [0.2, 0.25) is 0 Å². The molecule has 0 aliphatic carbocycles. The van der Waals surface area contributed by atoms with E-state index in [4.69, 9.17) is 10.5 Å². The van der Waals surface area contributed by atoms with Crippen LogP contribution in [0.25, 0.3) is 0 Å². The molecule has 0 aromatic carbocycles. The quantitative estimate of drug-likeness (QED) is 0.384. The summed E-state index contributed by atoms with van der Waals surface area (Å²) in [5.41, 5.74) is 0.687. The van der Waals surface area contributed by atoms with Crippen molar-refractivity contribution in [1.82, 2.24) is 0 Å². The Morgan fingerprint density at radius 3 is 2.55 bits per heavy atom. The Balaban J connectivity index is 3.89. The van der Waals surface area contributed by atoms with Gasteiger partial charge in [0.25, 0.3) is 0 Å². The van der Waals surface area contributed by atoms with E-state index in [0.717, 1.165) is 6.42 Å². The highest BCUT2D eigenvalue weighted by Gasteiger charge is 2.10. The predicted octanol–water partition coefficient (Wildman–Crippen LogP) is 2.02. The summed E-state index contributed by atoms with van der Waals surface area (Å²) in [4.78, 5) is 0. The highest BCUT2D eigenvalue weighted by molar-refractivity contribution is 5.83. The second kappa shape index (κ2) is 4.73. The number of oxime groups is 1. The van der Waals surface area contributed by atoms with Gasteiger partial charge in [-0.2, -0.15) is 5.26 Å². The molecule has 2 unspecified atom stereocenters. The minimum Gasteiger partial charge on any atom is -0.411 e. The van der Waals surface area contributed by atoms with E-state index in [1.807, 2.05) is 13.8 Å². The Bertz CT molecular complexity index is 181. The third-order valence-electron chi connectivity index (χ3n) is 1.80. The highest BCUT2D eigenvalue weighted by atomic mass is 16.4. The number of nitrogens with zero attached hydrogens (tertiary/aromatic N) is 2. The number of hydrogen-bond acceptors (Lipinski definition) is 3. The molecule has 1 N–H and O–H groups in total. The van der Waals surface area contributed by atoms with Crippen molar-refractivity contribution >= 4 is 5.71 Å². The van der Waals surface area contributed by atoms with E-state index >= 15 is 0 Å². The molecule has 0 heterocycles. The first-order valence-corrected chi connectivity index (χ1v) is 3.70. The number of rotatable bonds is 3. The average Bonchev–Trinajstić information content (AvgIpc) is 2.02. The van der Waals surface area contributed by atoms with E-state index < -0.39 is 0 Å². The molecular weight excluding hydrogens is 140 g/mol. The van der Waals surface area contributed by atoms with Gasteiger partial charge in [-0.15, -0.1) is 0 Å². The van der Waals surface area contributed by atoms with Crippen LogP contribution in [0.3, 0.4) is 0 Å². The van der Waals surface area contributed by atoms with Crippen molar-refractivity contribution in [3.8, 4) is 6.07 Å². The van der Waals surface area contributed by atoms with Crippen LogP contribution < -0.4 is 0 Å². The van der Waals surface area contributed by atoms with E-state index in [2.05, 4.69) is 11.2 Å². The van der Waals surface area contributed by atoms with Crippen molar-refractivity contribution in [2.24, 2.45) is 17.0 Å². The lowest BCUT2D eigenvalue weighted by Crippen LogP contribution is -2.10. The molecule has 11 heavy (non-hydrogen) atoms. The zero-order valence-electron chi connectivity index (χ0n) is 7.20. The molecule has 0 saturated heterocycles. The fourth-order valence-corrected chi connectivity index (χ4v) is 0.852. The third-order valence-corrected chi connectivity index (χ3v) is 1.80. The summed E-state index contributed by atoms with van der Waals surface area (Å²) in [7, 11) is 0. The second-order valence-corrected chi connectivity index (χ2v) is 2.91. The summed E-state index contributed by atoms with van der Waals surface area (Å²) in [6, 6.07) is 2.14. The van der Waals surface area contributed by atoms with Crippen LogP contribution in [0.4, 0.5) is 0 Å². The molecule has 3 heteroatoms. The maximum atomic E-state index is 8.49. The summed E-state index contributed by atoms with van der Waals surface area (Å²) in [6.07, 6.45) is 0.756. The number of nitriles is 1. The molecule has 0 aliphatic rings. The van der Waals surface area contributed by atoms with Gasteiger partial charge in [0.15, 0.2) is 0 Å². The molecule has 0 saturated carbocycles. The highest BCUT2D eigenvalue weighted by Crippen LogP contribution is 2.12. The lowest BCUT2D eigenvalue weighted by molar-refractivity contribution is 0.314. The van der Waals surface area contributed by atoms with Crippen molar-refractivity contribution < 1.29 is 5.21 Å². The van der Waals surface area contributed by atoms with Gasteiger partial charge in [-0.25, -0.2) is 0 Å². The second-order valence-electron chi connectivity index (χ2n) is 2.91. The van der Waals surface area contributed by atoms with E-state index in [9.17, 15) is 0 Å². The summed E-state index contributed by atoms with van der Waals surface area (Å²) in [5, 5.41) is 20.0. The number of hydrogen-bond donors (Lipinski definition) is 1. The molecule has 0 aliphatic heterocycles. The van der Waals surface area contributed by atoms with Gasteiger partial charge in [-0.1, -0.05) is 12.1 Å². The standard InChI is InChI=1S/C8H14N2O/c1-6(5-9)4-7(2)8(3)10-11/h6-7,11H,4H2,1-3H3/b10-8+. The van der Waals surface area contributed by atoms with Gasteiger partial charge in [0.1, 0.15) is 0 Å². The first kappa shape index (κ1) is 9.96. The van der Waals surface area contributed by atoms with E-state index in [1.54, 1.807) is 6.92 Å². The monoisotopic (exact) mass is 154 g/mol. The van der Waals surface area contributed by atoms with Crippen LogP contribution >= 0.6 is 0 Å². The normalized spacial score (nSPS) is 17.1. The SMILES string of the molecule is C/C(=N\O)C(C)CC(C)C#N. The summed E-state index contributed by atoms with van der Waals surface area (Å²) in [5.74, 6) is 0.219. The molecule has 0 aromatic rings. The van der Waals surface area contributed by atoms with Gasteiger partial charge >= 0.3 is 0 Å². The molecule has 2 atom stereocenters. The summed E-state index contributed by atoms with van der Waals surface area (Å²) >= 11 is 0. The van der Waals surface area contributed by atoms with E-state index in [1.165, 1.54) is 0 Å². The lowest BCUT2D eigenvalue weighted by Gasteiger charge is -2.09. The Morgan fingerprint density at radius 1 is 1.64 bits per heavy atom. The smallest absolute Gasteiger partial charge is 0.0653 e. The molecule has 0 radical (unpaired) electrons. The van der Waals surface area contributed by atoms with Gasteiger partial charge < -0.3 is 5.21 Å². The van der Waals surface area contributed by atoms with Gasteiger partial charge in [0.05, 0.1) is 11.8 Å². The van der Waals surface area contributed by atoms with Crippen molar-refractivity contribution in [2.75, 3.05) is 0 Å². The molecule has 0 amide bonds. The Morgan fingerprint density at radius 2 is 2.18 bits per heavy atom. The van der Waals surface area contributed by atoms with Crippen LogP contribution in [0.5, 0.6) is 0 Å². The first-order chi connectivity index (χ1) is 5.11. The maximum absolute atomic E-state index is 8.49. The largest absolute Gasteiger partial charge is 0.411 e. The Labute approximate surface area is 67.3 Å².